The van der Waals surface area contributed by atoms with Gasteiger partial charge in [-0.3, -0.25) is 4.90 Å². The van der Waals surface area contributed by atoms with Crippen LogP contribution in [0.15, 0.2) is 18.2 Å². The molecule has 1 aliphatic rings. The second-order valence-electron chi connectivity index (χ2n) is 4.93. The molecule has 1 fully saturated rings. The van der Waals surface area contributed by atoms with Gasteiger partial charge in [-0.15, -0.1) is 0 Å². The summed E-state index contributed by atoms with van der Waals surface area (Å²) in [7, 11) is 5.83. The zero-order chi connectivity index (χ0) is 13.1. The highest BCUT2D eigenvalue weighted by atomic mass is 35.5. The van der Waals surface area contributed by atoms with Crippen LogP contribution in [0.1, 0.15) is 18.0 Å². The molecule has 1 aromatic carbocycles. The lowest BCUT2D eigenvalue weighted by atomic mass is 9.93. The first-order valence-corrected chi connectivity index (χ1v) is 6.73. The molecule has 1 aliphatic heterocycles. The highest BCUT2D eigenvalue weighted by molar-refractivity contribution is 6.32. The summed E-state index contributed by atoms with van der Waals surface area (Å²) >= 11 is 6.22. The minimum absolute atomic E-state index is 0.445. The lowest BCUT2D eigenvalue weighted by Gasteiger charge is -2.26. The zero-order valence-corrected chi connectivity index (χ0v) is 12.0. The van der Waals surface area contributed by atoms with E-state index in [0.29, 0.717) is 17.0 Å². The Hall–Kier alpha value is -0.770. The fraction of sp³-hybridized carbons (Fsp3) is 0.571. The fourth-order valence-electron chi connectivity index (χ4n) is 2.90. The minimum Gasteiger partial charge on any atom is -0.495 e. The van der Waals surface area contributed by atoms with Crippen LogP contribution in [0.3, 0.4) is 0 Å². The van der Waals surface area contributed by atoms with Crippen molar-refractivity contribution in [3.63, 3.8) is 0 Å². The predicted octanol–water partition coefficient (Wildman–Crippen LogP) is 2.56. The highest BCUT2D eigenvalue weighted by Crippen LogP contribution is 2.38. The van der Waals surface area contributed by atoms with Gasteiger partial charge in [-0.25, -0.2) is 0 Å². The van der Waals surface area contributed by atoms with Gasteiger partial charge in [0, 0.05) is 6.04 Å². The van der Waals surface area contributed by atoms with Gasteiger partial charge in [0.2, 0.25) is 0 Å². The fourth-order valence-corrected chi connectivity index (χ4v) is 3.16. The Morgan fingerprint density at radius 3 is 2.89 bits per heavy atom. The molecule has 4 heteroatoms. The Morgan fingerprint density at radius 1 is 1.50 bits per heavy atom. The monoisotopic (exact) mass is 268 g/mol. The summed E-state index contributed by atoms with van der Waals surface area (Å²) < 4.78 is 5.21. The van der Waals surface area contributed by atoms with E-state index in [1.807, 2.05) is 19.2 Å². The van der Waals surface area contributed by atoms with E-state index in [1.165, 1.54) is 12.0 Å². The number of methoxy groups -OCH3 is 1. The number of benzene rings is 1. The largest absolute Gasteiger partial charge is 0.495 e. The number of nitrogens with one attached hydrogen (secondary N) is 1. The summed E-state index contributed by atoms with van der Waals surface area (Å²) in [4.78, 5) is 2.40. The van der Waals surface area contributed by atoms with Crippen LogP contribution < -0.4 is 10.1 Å². The molecule has 2 unspecified atom stereocenters. The number of likely N-dealkylation sites (tertiary alicyclic amines) is 1. The molecule has 2 atom stereocenters. The van der Waals surface area contributed by atoms with E-state index in [9.17, 15) is 0 Å². The maximum Gasteiger partial charge on any atom is 0.137 e. The van der Waals surface area contributed by atoms with Crippen LogP contribution in [-0.4, -0.2) is 39.2 Å². The third-order valence-corrected chi connectivity index (χ3v) is 4.05. The molecule has 1 N–H and O–H groups in total. The first-order chi connectivity index (χ1) is 8.67. The van der Waals surface area contributed by atoms with Crippen molar-refractivity contribution < 1.29 is 4.74 Å². The Morgan fingerprint density at radius 2 is 2.28 bits per heavy atom. The number of hydrogen-bond acceptors (Lipinski definition) is 3. The van der Waals surface area contributed by atoms with Gasteiger partial charge in [0.15, 0.2) is 0 Å². The van der Waals surface area contributed by atoms with Crippen molar-refractivity contribution in [3.05, 3.63) is 28.8 Å². The molecule has 0 aromatic heterocycles. The summed E-state index contributed by atoms with van der Waals surface area (Å²) in [6, 6.07) is 6.57. The van der Waals surface area contributed by atoms with Crippen molar-refractivity contribution in [3.8, 4) is 5.75 Å². The topological polar surface area (TPSA) is 24.5 Å². The van der Waals surface area contributed by atoms with E-state index in [0.717, 1.165) is 18.8 Å². The first-order valence-electron chi connectivity index (χ1n) is 6.35. The van der Waals surface area contributed by atoms with Crippen molar-refractivity contribution >= 4 is 11.6 Å². The minimum atomic E-state index is 0.445. The standard InChI is InChI=1S/C14H21ClN2O/c1-16-9-11-6-7-17(2)14(11)10-4-5-13(18-3)12(15)8-10/h4-5,8,11,14,16H,6-7,9H2,1-3H3. The molecule has 0 aliphatic carbocycles. The Labute approximate surface area is 114 Å². The molecule has 18 heavy (non-hydrogen) atoms. The molecular formula is C14H21ClN2O. The molecular weight excluding hydrogens is 248 g/mol. The van der Waals surface area contributed by atoms with Gasteiger partial charge < -0.3 is 10.1 Å². The summed E-state index contributed by atoms with van der Waals surface area (Å²) in [6.07, 6.45) is 1.23. The second kappa shape index (κ2) is 5.91. The van der Waals surface area contributed by atoms with Gasteiger partial charge in [-0.1, -0.05) is 17.7 Å². The normalized spacial score (nSPS) is 24.4. The van der Waals surface area contributed by atoms with Crippen LogP contribution in [-0.2, 0) is 0 Å². The molecule has 2 rings (SSSR count). The van der Waals surface area contributed by atoms with Gasteiger partial charge in [0.25, 0.3) is 0 Å². The van der Waals surface area contributed by atoms with Crippen LogP contribution in [0.4, 0.5) is 0 Å². The van der Waals surface area contributed by atoms with E-state index in [-0.39, 0.29) is 0 Å². The van der Waals surface area contributed by atoms with E-state index in [1.54, 1.807) is 7.11 Å². The molecule has 3 nitrogen and oxygen atoms in total. The lowest BCUT2D eigenvalue weighted by Crippen LogP contribution is -2.26. The molecule has 100 valence electrons. The maximum absolute atomic E-state index is 6.22. The molecule has 1 aromatic rings. The van der Waals surface area contributed by atoms with Crippen LogP contribution in [0.5, 0.6) is 5.75 Å². The molecule has 0 radical (unpaired) electrons. The van der Waals surface area contributed by atoms with Gasteiger partial charge in [0.1, 0.15) is 5.75 Å². The van der Waals surface area contributed by atoms with Gasteiger partial charge in [-0.05, 0) is 57.2 Å². The molecule has 0 amide bonds. The van der Waals surface area contributed by atoms with Crippen LogP contribution in [0.25, 0.3) is 0 Å². The third kappa shape index (κ3) is 2.63. The van der Waals surface area contributed by atoms with E-state index < -0.39 is 0 Å². The number of rotatable bonds is 4. The molecule has 1 saturated heterocycles. The van der Waals surface area contributed by atoms with E-state index in [2.05, 4.69) is 23.3 Å². The van der Waals surface area contributed by atoms with Crippen molar-refractivity contribution in [1.82, 2.24) is 10.2 Å². The second-order valence-corrected chi connectivity index (χ2v) is 5.33. The van der Waals surface area contributed by atoms with Crippen molar-refractivity contribution in [2.75, 3.05) is 34.3 Å². The zero-order valence-electron chi connectivity index (χ0n) is 11.2. The Balaban J connectivity index is 2.25. The number of ether oxygens (including phenoxy) is 1. The molecule has 1 heterocycles. The maximum atomic E-state index is 6.22. The summed E-state index contributed by atoms with van der Waals surface area (Å²) in [6.45, 7) is 2.18. The first kappa shape index (κ1) is 13.7. The Kier molecular flexibility index (Phi) is 4.49. The van der Waals surface area contributed by atoms with Crippen molar-refractivity contribution in [2.45, 2.75) is 12.5 Å². The van der Waals surface area contributed by atoms with Crippen LogP contribution in [0.2, 0.25) is 5.02 Å². The average molecular weight is 269 g/mol. The van der Waals surface area contributed by atoms with E-state index in [4.69, 9.17) is 16.3 Å². The lowest BCUT2D eigenvalue weighted by molar-refractivity contribution is 0.274. The number of hydrogen-bond donors (Lipinski definition) is 1. The summed E-state index contributed by atoms with van der Waals surface area (Å²) in [5.74, 6) is 1.38. The Bertz CT molecular complexity index is 409. The van der Waals surface area contributed by atoms with Gasteiger partial charge >= 0.3 is 0 Å². The summed E-state index contributed by atoms with van der Waals surface area (Å²) in [5, 5.41) is 3.98. The van der Waals surface area contributed by atoms with Crippen molar-refractivity contribution in [1.29, 1.82) is 0 Å². The van der Waals surface area contributed by atoms with Gasteiger partial charge in [-0.2, -0.15) is 0 Å². The van der Waals surface area contributed by atoms with Gasteiger partial charge in [0.05, 0.1) is 12.1 Å². The molecule has 0 spiro atoms. The average Bonchev–Trinajstić information content (AvgIpc) is 2.71. The molecule has 0 bridgehead atoms. The van der Waals surface area contributed by atoms with Crippen LogP contribution in [0, 0.1) is 5.92 Å². The highest BCUT2D eigenvalue weighted by Gasteiger charge is 2.32. The quantitative estimate of drug-likeness (QED) is 0.908. The summed E-state index contributed by atoms with van der Waals surface area (Å²) in [5.41, 5.74) is 1.28. The number of nitrogens with zero attached hydrogens (tertiary/aromatic N) is 1. The number of halogens is 1. The SMILES string of the molecule is CNCC1CCN(C)C1c1ccc(OC)c(Cl)c1. The molecule has 0 saturated carbocycles. The predicted molar refractivity (Wildman–Crippen MR) is 75.4 cm³/mol. The smallest absolute Gasteiger partial charge is 0.137 e. The van der Waals surface area contributed by atoms with Crippen LogP contribution >= 0.6 is 11.6 Å². The third-order valence-electron chi connectivity index (χ3n) is 3.76. The van der Waals surface area contributed by atoms with Crippen molar-refractivity contribution in [2.24, 2.45) is 5.92 Å². The van der Waals surface area contributed by atoms with E-state index >= 15 is 0 Å².